The summed E-state index contributed by atoms with van der Waals surface area (Å²) < 4.78 is 10.6. The molecule has 11 nitrogen and oxygen atoms in total. The molecule has 0 saturated carbocycles. The van der Waals surface area contributed by atoms with Crippen molar-refractivity contribution < 1.29 is 54.1 Å². The minimum atomic E-state index is -0.597. The van der Waals surface area contributed by atoms with Crippen molar-refractivity contribution >= 4 is 18.9 Å². The van der Waals surface area contributed by atoms with E-state index in [2.05, 4.69) is 0 Å². The van der Waals surface area contributed by atoms with Gasteiger partial charge >= 0.3 is 0 Å². The van der Waals surface area contributed by atoms with Crippen LogP contribution in [-0.2, 0) is 0 Å². The van der Waals surface area contributed by atoms with Crippen LogP contribution in [0.5, 0.6) is 46.0 Å². The summed E-state index contributed by atoms with van der Waals surface area (Å²) in [5.41, 5.74) is -0.240. The highest BCUT2D eigenvalue weighted by Gasteiger charge is 2.17. The minimum absolute atomic E-state index is 0.0174. The molecule has 11 heteroatoms. The zero-order valence-electron chi connectivity index (χ0n) is 16.6. The van der Waals surface area contributed by atoms with Gasteiger partial charge in [0.05, 0.1) is 5.56 Å². The van der Waals surface area contributed by atoms with E-state index in [1.807, 2.05) is 0 Å². The Labute approximate surface area is 185 Å². The van der Waals surface area contributed by atoms with Crippen LogP contribution in [0.2, 0.25) is 0 Å². The molecular formula is C22H16O11. The van der Waals surface area contributed by atoms with Gasteiger partial charge in [-0.25, -0.2) is 0 Å². The molecular weight excluding hydrogens is 440 g/mol. The number of aldehydes is 3. The van der Waals surface area contributed by atoms with Gasteiger partial charge in [-0.2, -0.15) is 0 Å². The second-order valence-electron chi connectivity index (χ2n) is 6.39. The number of aromatic hydroxyl groups is 4. The highest BCUT2D eigenvalue weighted by atomic mass is 17.2. The second-order valence-corrected chi connectivity index (χ2v) is 6.39. The molecule has 4 N–H and O–H groups in total. The Balaban J connectivity index is 1.76. The first-order chi connectivity index (χ1) is 15.9. The molecule has 0 aliphatic rings. The van der Waals surface area contributed by atoms with Crippen molar-refractivity contribution in [2.24, 2.45) is 0 Å². The first-order valence-corrected chi connectivity index (χ1v) is 9.08. The fourth-order valence-corrected chi connectivity index (χ4v) is 2.59. The lowest BCUT2D eigenvalue weighted by Gasteiger charge is -2.14. The zero-order chi connectivity index (χ0) is 24.0. The number of phenolic OH excluding ortho intramolecular Hbond substituents is 4. The summed E-state index contributed by atoms with van der Waals surface area (Å²) in [7, 11) is 0. The van der Waals surface area contributed by atoms with Crippen molar-refractivity contribution in [3.05, 3.63) is 59.2 Å². The Hall–Kier alpha value is -4.93. The van der Waals surface area contributed by atoms with Crippen LogP contribution < -0.4 is 19.2 Å². The molecule has 0 aliphatic heterocycles. The number of rotatable bonds is 10. The summed E-state index contributed by atoms with van der Waals surface area (Å²) in [4.78, 5) is 43.1. The summed E-state index contributed by atoms with van der Waals surface area (Å²) >= 11 is 0. The van der Waals surface area contributed by atoms with Crippen molar-refractivity contribution in [3.8, 4) is 46.0 Å². The molecule has 0 spiro atoms. The molecule has 3 aromatic rings. The van der Waals surface area contributed by atoms with Crippen LogP contribution in [0.4, 0.5) is 0 Å². The number of ether oxygens (including phenoxy) is 2. The molecule has 0 heterocycles. The molecule has 0 fully saturated rings. The Kier molecular flexibility index (Phi) is 6.84. The van der Waals surface area contributed by atoms with E-state index in [4.69, 9.17) is 19.2 Å². The van der Waals surface area contributed by atoms with Crippen molar-refractivity contribution in [2.45, 2.75) is 0 Å². The quantitative estimate of drug-likeness (QED) is 0.153. The summed E-state index contributed by atoms with van der Waals surface area (Å²) in [5, 5.41) is 39.3. The Morgan fingerprint density at radius 1 is 0.697 bits per heavy atom. The number of hydrogen-bond acceptors (Lipinski definition) is 11. The van der Waals surface area contributed by atoms with Gasteiger partial charge in [0.25, 0.3) is 0 Å². The molecule has 33 heavy (non-hydrogen) atoms. The standard InChI is InChI=1S/C22H16O11/c23-8-12-3-20(31-11-30-15-2-1-13(9-24)17(27)7-15)22(29)21(4-12)33-32-19-6-14(26)5-18(28)16(19)10-25/h1-10,26-29H,11H2. The molecule has 3 rings (SSSR count). The second kappa shape index (κ2) is 9.92. The first kappa shape index (κ1) is 22.7. The Morgan fingerprint density at radius 2 is 1.42 bits per heavy atom. The van der Waals surface area contributed by atoms with E-state index in [9.17, 15) is 34.8 Å². The fraction of sp³-hybridized carbons (Fsp3) is 0.0455. The summed E-state index contributed by atoms with van der Waals surface area (Å²) in [6.45, 7) is -0.467. The molecule has 0 aliphatic carbocycles. The molecule has 0 amide bonds. The van der Waals surface area contributed by atoms with Crippen LogP contribution in [0, 0.1) is 0 Å². The van der Waals surface area contributed by atoms with E-state index in [1.165, 1.54) is 24.3 Å². The van der Waals surface area contributed by atoms with Gasteiger partial charge in [0.2, 0.25) is 18.3 Å². The Bertz CT molecular complexity index is 1200. The highest BCUT2D eigenvalue weighted by Crippen LogP contribution is 2.39. The van der Waals surface area contributed by atoms with Crippen LogP contribution >= 0.6 is 0 Å². The SMILES string of the molecule is O=Cc1cc(OCOc2ccc(C=O)c(O)c2)c(O)c(OOc2cc(O)cc(O)c2C=O)c1. The van der Waals surface area contributed by atoms with Gasteiger partial charge in [-0.3, -0.25) is 24.2 Å². The number of carbonyl (C=O) groups is 3. The molecule has 0 atom stereocenters. The molecule has 3 aromatic carbocycles. The van der Waals surface area contributed by atoms with Gasteiger partial charge < -0.3 is 29.9 Å². The maximum atomic E-state index is 11.2. The molecule has 0 aromatic heterocycles. The van der Waals surface area contributed by atoms with E-state index in [-0.39, 0.29) is 51.7 Å². The molecule has 0 saturated heterocycles. The van der Waals surface area contributed by atoms with E-state index in [0.29, 0.717) is 12.6 Å². The molecule has 0 unspecified atom stereocenters. The number of phenols is 4. The smallest absolute Gasteiger partial charge is 0.231 e. The van der Waals surface area contributed by atoms with Gasteiger partial charge in [0.1, 0.15) is 34.8 Å². The van der Waals surface area contributed by atoms with E-state index in [0.717, 1.165) is 18.2 Å². The lowest BCUT2D eigenvalue weighted by atomic mass is 10.2. The van der Waals surface area contributed by atoms with Crippen LogP contribution in [0.3, 0.4) is 0 Å². The third-order valence-corrected chi connectivity index (χ3v) is 4.21. The van der Waals surface area contributed by atoms with Gasteiger partial charge in [-0.1, -0.05) is 0 Å². The number of benzene rings is 3. The molecule has 0 bridgehead atoms. The average molecular weight is 456 g/mol. The maximum Gasteiger partial charge on any atom is 0.231 e. The van der Waals surface area contributed by atoms with Gasteiger partial charge in [0, 0.05) is 29.8 Å². The van der Waals surface area contributed by atoms with E-state index < -0.39 is 24.0 Å². The lowest BCUT2D eigenvalue weighted by molar-refractivity contribution is -0.102. The highest BCUT2D eigenvalue weighted by molar-refractivity contribution is 5.84. The van der Waals surface area contributed by atoms with Gasteiger partial charge in [0.15, 0.2) is 24.1 Å². The van der Waals surface area contributed by atoms with Crippen LogP contribution in [0.1, 0.15) is 31.1 Å². The third-order valence-electron chi connectivity index (χ3n) is 4.21. The summed E-state index contributed by atoms with van der Waals surface area (Å²) in [6, 6.07) is 8.12. The normalized spacial score (nSPS) is 10.2. The predicted molar refractivity (Wildman–Crippen MR) is 110 cm³/mol. The van der Waals surface area contributed by atoms with Crippen molar-refractivity contribution in [3.63, 3.8) is 0 Å². The van der Waals surface area contributed by atoms with Crippen LogP contribution in [-0.4, -0.2) is 46.1 Å². The van der Waals surface area contributed by atoms with Gasteiger partial charge in [-0.05, 0) is 18.2 Å². The number of carbonyl (C=O) groups excluding carboxylic acids is 3. The monoisotopic (exact) mass is 456 g/mol. The van der Waals surface area contributed by atoms with Crippen molar-refractivity contribution in [1.82, 2.24) is 0 Å². The average Bonchev–Trinajstić information content (AvgIpc) is 2.79. The van der Waals surface area contributed by atoms with Crippen LogP contribution in [0.15, 0.2) is 42.5 Å². The fourth-order valence-electron chi connectivity index (χ4n) is 2.59. The zero-order valence-corrected chi connectivity index (χ0v) is 16.6. The third kappa shape index (κ3) is 5.22. The molecule has 170 valence electrons. The van der Waals surface area contributed by atoms with Crippen LogP contribution in [0.25, 0.3) is 0 Å². The maximum absolute atomic E-state index is 11.2. The first-order valence-electron chi connectivity index (χ1n) is 9.08. The lowest BCUT2D eigenvalue weighted by Crippen LogP contribution is -2.08. The topological polar surface area (TPSA) is 169 Å². The van der Waals surface area contributed by atoms with E-state index >= 15 is 0 Å². The predicted octanol–water partition coefficient (Wildman–Crippen LogP) is 2.73. The van der Waals surface area contributed by atoms with Gasteiger partial charge in [-0.15, -0.1) is 0 Å². The molecule has 0 radical (unpaired) electrons. The van der Waals surface area contributed by atoms with E-state index in [1.54, 1.807) is 0 Å². The summed E-state index contributed by atoms with van der Waals surface area (Å²) in [6.07, 6.45) is 1.17. The Morgan fingerprint density at radius 3 is 2.09 bits per heavy atom. The summed E-state index contributed by atoms with van der Waals surface area (Å²) in [5.74, 6) is -2.70. The minimum Gasteiger partial charge on any atom is -0.508 e. The largest absolute Gasteiger partial charge is 0.508 e. The number of hydrogen-bond donors (Lipinski definition) is 4. The van der Waals surface area contributed by atoms with Crippen molar-refractivity contribution in [2.75, 3.05) is 6.79 Å². The van der Waals surface area contributed by atoms with Crippen molar-refractivity contribution in [1.29, 1.82) is 0 Å².